The van der Waals surface area contributed by atoms with Crippen molar-refractivity contribution in [1.29, 1.82) is 0 Å². The number of fused-ring (bicyclic) bond motifs is 1. The Balaban J connectivity index is 1.59. The molecule has 0 aliphatic carbocycles. The third-order valence-corrected chi connectivity index (χ3v) is 5.08. The molecular weight excluding hydrogens is 312 g/mol. The Bertz CT molecular complexity index is 717. The molecule has 6 nitrogen and oxygen atoms in total. The summed E-state index contributed by atoms with van der Waals surface area (Å²) in [6.07, 6.45) is 4.36. The lowest BCUT2D eigenvalue weighted by atomic mass is 10.1. The van der Waals surface area contributed by atoms with Gasteiger partial charge in [-0.25, -0.2) is 0 Å². The highest BCUT2D eigenvalue weighted by Gasteiger charge is 2.45. The van der Waals surface area contributed by atoms with Crippen LogP contribution in [0.2, 0.25) is 0 Å². The molecule has 7 heteroatoms. The lowest BCUT2D eigenvalue weighted by Gasteiger charge is -2.31. The molecule has 3 rings (SSSR count). The zero-order valence-corrected chi connectivity index (χ0v) is 13.6. The molecule has 0 bridgehead atoms. The lowest BCUT2D eigenvalue weighted by molar-refractivity contribution is -0.129. The number of benzene rings is 1. The highest BCUT2D eigenvalue weighted by atomic mass is 32.2. The maximum absolute atomic E-state index is 12.5. The van der Waals surface area contributed by atoms with Crippen molar-refractivity contribution in [1.82, 2.24) is 15.1 Å². The van der Waals surface area contributed by atoms with Gasteiger partial charge in [-0.15, -0.1) is 0 Å². The molecule has 1 aromatic heterocycles. The van der Waals surface area contributed by atoms with E-state index >= 15 is 0 Å². The molecular formula is C16H18N4O2S. The maximum Gasteiger partial charge on any atom is 0.250 e. The first kappa shape index (κ1) is 15.6. The summed E-state index contributed by atoms with van der Waals surface area (Å²) < 4.78 is 0.659. The van der Waals surface area contributed by atoms with Gasteiger partial charge in [0.15, 0.2) is 4.75 Å². The van der Waals surface area contributed by atoms with Crippen LogP contribution in [0.15, 0.2) is 47.6 Å². The van der Waals surface area contributed by atoms with Crippen LogP contribution in [0.5, 0.6) is 0 Å². The minimum atomic E-state index is -1.15. The third kappa shape index (κ3) is 3.24. The number of nitrogens with one attached hydrogen (secondary N) is 2. The van der Waals surface area contributed by atoms with Gasteiger partial charge in [0.25, 0.3) is 0 Å². The fourth-order valence-corrected chi connectivity index (χ4v) is 3.48. The molecule has 1 atom stereocenters. The summed E-state index contributed by atoms with van der Waals surface area (Å²) in [6.45, 7) is 2.89. The summed E-state index contributed by atoms with van der Waals surface area (Å²) in [5.74, 6) is -0.555. The summed E-state index contributed by atoms with van der Waals surface area (Å²) in [5.41, 5.74) is 0.756. The van der Waals surface area contributed by atoms with E-state index in [0.29, 0.717) is 6.54 Å². The van der Waals surface area contributed by atoms with E-state index in [1.54, 1.807) is 13.1 Å². The second kappa shape index (κ2) is 6.45. The molecule has 1 unspecified atom stereocenters. The molecule has 2 amide bonds. The van der Waals surface area contributed by atoms with Crippen molar-refractivity contribution in [2.24, 2.45) is 0 Å². The van der Waals surface area contributed by atoms with Crippen molar-refractivity contribution in [2.45, 2.75) is 29.5 Å². The first-order chi connectivity index (χ1) is 11.1. The Labute approximate surface area is 138 Å². The molecule has 0 fully saturated rings. The number of hydrogen-bond donors (Lipinski definition) is 2. The van der Waals surface area contributed by atoms with Crippen molar-refractivity contribution in [3.05, 3.63) is 42.7 Å². The zero-order valence-electron chi connectivity index (χ0n) is 12.8. The second-order valence-corrected chi connectivity index (χ2v) is 6.92. The van der Waals surface area contributed by atoms with E-state index in [2.05, 4.69) is 15.7 Å². The first-order valence-electron chi connectivity index (χ1n) is 7.45. The van der Waals surface area contributed by atoms with Crippen LogP contribution in [-0.2, 0) is 16.1 Å². The summed E-state index contributed by atoms with van der Waals surface area (Å²) in [7, 11) is 0. The average Bonchev–Trinajstić information content (AvgIpc) is 3.06. The molecule has 1 aliphatic heterocycles. The van der Waals surface area contributed by atoms with E-state index in [1.807, 2.05) is 41.2 Å². The van der Waals surface area contributed by atoms with Gasteiger partial charge in [0.1, 0.15) is 0 Å². The zero-order chi connectivity index (χ0) is 16.3. The van der Waals surface area contributed by atoms with Gasteiger partial charge in [-0.1, -0.05) is 23.9 Å². The summed E-state index contributed by atoms with van der Waals surface area (Å²) >= 11 is 1.29. The normalized spacial score (nSPS) is 19.8. The Morgan fingerprint density at radius 3 is 3.00 bits per heavy atom. The number of thioether (sulfide) groups is 1. The van der Waals surface area contributed by atoms with Crippen molar-refractivity contribution >= 4 is 29.3 Å². The summed E-state index contributed by atoms with van der Waals surface area (Å²) in [4.78, 5) is 25.7. The monoisotopic (exact) mass is 330 g/mol. The number of aryl methyl sites for hydroxylation is 1. The van der Waals surface area contributed by atoms with E-state index in [9.17, 15) is 9.59 Å². The number of hydrogen-bond acceptors (Lipinski definition) is 4. The number of carbonyl (C=O) groups is 2. The Morgan fingerprint density at radius 1 is 1.39 bits per heavy atom. The molecule has 2 aromatic rings. The minimum absolute atomic E-state index is 0.269. The van der Waals surface area contributed by atoms with Gasteiger partial charge in [0, 0.05) is 30.4 Å². The van der Waals surface area contributed by atoms with Crippen molar-refractivity contribution < 1.29 is 9.59 Å². The van der Waals surface area contributed by atoms with Crippen LogP contribution in [0.4, 0.5) is 5.69 Å². The van der Waals surface area contributed by atoms with Gasteiger partial charge < -0.3 is 10.6 Å². The number of nitrogens with zero attached hydrogens (tertiary/aromatic N) is 2. The molecule has 0 saturated carbocycles. The number of carbonyl (C=O) groups excluding carboxylic acids is 2. The Hall–Kier alpha value is -2.28. The quantitative estimate of drug-likeness (QED) is 0.648. The molecule has 0 saturated heterocycles. The van der Waals surface area contributed by atoms with E-state index in [1.165, 1.54) is 11.8 Å². The van der Waals surface area contributed by atoms with Gasteiger partial charge in [-0.3, -0.25) is 14.3 Å². The van der Waals surface area contributed by atoms with Crippen LogP contribution in [0.3, 0.4) is 0 Å². The number of anilines is 1. The van der Waals surface area contributed by atoms with Crippen LogP contribution in [0.25, 0.3) is 0 Å². The third-order valence-electron chi connectivity index (χ3n) is 3.72. The van der Waals surface area contributed by atoms with Crippen LogP contribution in [0, 0.1) is 0 Å². The smallest absolute Gasteiger partial charge is 0.250 e. The van der Waals surface area contributed by atoms with E-state index in [0.717, 1.165) is 23.5 Å². The predicted molar refractivity (Wildman–Crippen MR) is 89.2 cm³/mol. The molecule has 120 valence electrons. The minimum Gasteiger partial charge on any atom is -0.354 e. The van der Waals surface area contributed by atoms with Crippen LogP contribution < -0.4 is 10.6 Å². The highest BCUT2D eigenvalue weighted by molar-refractivity contribution is 8.02. The topological polar surface area (TPSA) is 76.0 Å². The van der Waals surface area contributed by atoms with Gasteiger partial charge in [0.2, 0.25) is 11.8 Å². The predicted octanol–water partition coefficient (Wildman–Crippen LogP) is 1.89. The SMILES string of the molecule is CC1(C(=O)NCCCn2cccn2)Sc2ccccc2NC1=O. The Morgan fingerprint density at radius 2 is 2.22 bits per heavy atom. The maximum atomic E-state index is 12.5. The lowest BCUT2D eigenvalue weighted by Crippen LogP contribution is -2.52. The van der Waals surface area contributed by atoms with Gasteiger partial charge in [-0.2, -0.15) is 5.10 Å². The fraction of sp³-hybridized carbons (Fsp3) is 0.312. The van der Waals surface area contributed by atoms with Crippen molar-refractivity contribution in [3.8, 4) is 0 Å². The summed E-state index contributed by atoms with van der Waals surface area (Å²) in [6, 6.07) is 9.36. The average molecular weight is 330 g/mol. The first-order valence-corrected chi connectivity index (χ1v) is 8.26. The number of para-hydroxylation sites is 1. The van der Waals surface area contributed by atoms with Gasteiger partial charge >= 0.3 is 0 Å². The van der Waals surface area contributed by atoms with E-state index in [4.69, 9.17) is 0 Å². The summed E-state index contributed by atoms with van der Waals surface area (Å²) in [5, 5.41) is 9.77. The van der Waals surface area contributed by atoms with Crippen LogP contribution in [-0.4, -0.2) is 32.9 Å². The highest BCUT2D eigenvalue weighted by Crippen LogP contribution is 2.42. The Kier molecular flexibility index (Phi) is 4.38. The number of aromatic nitrogens is 2. The molecule has 1 aliphatic rings. The van der Waals surface area contributed by atoms with Crippen molar-refractivity contribution in [2.75, 3.05) is 11.9 Å². The van der Waals surface area contributed by atoms with Crippen LogP contribution in [0.1, 0.15) is 13.3 Å². The molecule has 2 heterocycles. The largest absolute Gasteiger partial charge is 0.354 e. The molecule has 0 spiro atoms. The fourth-order valence-electron chi connectivity index (χ4n) is 2.36. The number of rotatable bonds is 5. The van der Waals surface area contributed by atoms with E-state index in [-0.39, 0.29) is 11.8 Å². The van der Waals surface area contributed by atoms with Crippen molar-refractivity contribution in [3.63, 3.8) is 0 Å². The van der Waals surface area contributed by atoms with Gasteiger partial charge in [0.05, 0.1) is 5.69 Å². The van der Waals surface area contributed by atoms with Crippen LogP contribution >= 0.6 is 11.8 Å². The van der Waals surface area contributed by atoms with Gasteiger partial charge in [-0.05, 0) is 31.5 Å². The molecule has 0 radical (unpaired) electrons. The molecule has 2 N–H and O–H groups in total. The molecule has 1 aromatic carbocycles. The van der Waals surface area contributed by atoms with E-state index < -0.39 is 4.75 Å². The second-order valence-electron chi connectivity index (χ2n) is 5.46. The molecule has 23 heavy (non-hydrogen) atoms. The standard InChI is InChI=1S/C16H18N4O2S/c1-16(14(21)17-8-4-10-20-11-5-9-18-20)15(22)19-12-6-2-3-7-13(12)23-16/h2-3,5-7,9,11H,4,8,10H2,1H3,(H,17,21)(H,19,22). The number of amides is 2.